The normalized spacial score (nSPS) is 14.7. The van der Waals surface area contributed by atoms with Gasteiger partial charge in [-0.25, -0.2) is 4.39 Å². The molecule has 0 radical (unpaired) electrons. The van der Waals surface area contributed by atoms with Crippen molar-refractivity contribution in [3.05, 3.63) is 34.6 Å². The van der Waals surface area contributed by atoms with E-state index in [-0.39, 0.29) is 5.82 Å². The fraction of sp³-hybridized carbons (Fsp3) is 0.625. The van der Waals surface area contributed by atoms with Crippen molar-refractivity contribution >= 4 is 11.6 Å². The minimum atomic E-state index is -0.202. The summed E-state index contributed by atoms with van der Waals surface area (Å²) in [5.74, 6) is 0.873. The third-order valence-electron chi connectivity index (χ3n) is 3.80. The Kier molecular flexibility index (Phi) is 6.81. The second-order valence-electron chi connectivity index (χ2n) is 5.60. The topological polar surface area (TPSA) is 12.0 Å². The van der Waals surface area contributed by atoms with Crippen LogP contribution in [0.3, 0.4) is 0 Å². The van der Waals surface area contributed by atoms with Gasteiger partial charge in [0.2, 0.25) is 0 Å². The molecule has 0 heterocycles. The van der Waals surface area contributed by atoms with Crippen LogP contribution < -0.4 is 5.32 Å². The average Bonchev–Trinajstić information content (AvgIpc) is 2.36. The van der Waals surface area contributed by atoms with Crippen LogP contribution in [0.15, 0.2) is 18.2 Å². The number of benzene rings is 1. The number of halogens is 2. The molecule has 1 nitrogen and oxygen atoms in total. The Hall–Kier alpha value is -0.600. The van der Waals surface area contributed by atoms with E-state index < -0.39 is 0 Å². The molecule has 108 valence electrons. The quantitative estimate of drug-likeness (QED) is 0.767. The molecule has 1 aromatic rings. The minimum Gasteiger partial charge on any atom is -0.313 e. The van der Waals surface area contributed by atoms with E-state index in [1.807, 2.05) is 0 Å². The van der Waals surface area contributed by atoms with Gasteiger partial charge < -0.3 is 5.32 Å². The molecule has 0 bridgehead atoms. The van der Waals surface area contributed by atoms with E-state index in [2.05, 4.69) is 33.0 Å². The summed E-state index contributed by atoms with van der Waals surface area (Å²) in [5, 5.41) is 4.00. The van der Waals surface area contributed by atoms with Crippen molar-refractivity contribution in [2.45, 2.75) is 46.6 Å². The fourth-order valence-electron chi connectivity index (χ4n) is 2.16. The van der Waals surface area contributed by atoms with Gasteiger partial charge in [0.25, 0.3) is 0 Å². The molecule has 19 heavy (non-hydrogen) atoms. The number of hydrogen-bond donors (Lipinski definition) is 1. The van der Waals surface area contributed by atoms with E-state index in [4.69, 9.17) is 11.6 Å². The molecular weight excluding hydrogens is 261 g/mol. The molecule has 0 aliphatic rings. The first kappa shape index (κ1) is 16.5. The molecule has 3 heteroatoms. The van der Waals surface area contributed by atoms with Crippen molar-refractivity contribution in [1.82, 2.24) is 5.32 Å². The first-order valence-corrected chi connectivity index (χ1v) is 7.50. The van der Waals surface area contributed by atoms with Crippen molar-refractivity contribution in [3.63, 3.8) is 0 Å². The SMILES string of the molecule is CCCNC(Cc1ccc(Cl)cc1F)C(C)C(C)C. The van der Waals surface area contributed by atoms with E-state index >= 15 is 0 Å². The Morgan fingerprint density at radius 3 is 2.47 bits per heavy atom. The van der Waals surface area contributed by atoms with Crippen molar-refractivity contribution in [3.8, 4) is 0 Å². The molecule has 0 aliphatic carbocycles. The second-order valence-corrected chi connectivity index (χ2v) is 6.04. The summed E-state index contributed by atoms with van der Waals surface area (Å²) in [4.78, 5) is 0. The predicted octanol–water partition coefficient (Wildman–Crippen LogP) is 4.68. The van der Waals surface area contributed by atoms with Crippen molar-refractivity contribution in [1.29, 1.82) is 0 Å². The van der Waals surface area contributed by atoms with Gasteiger partial charge in [-0.15, -0.1) is 0 Å². The van der Waals surface area contributed by atoms with Crippen molar-refractivity contribution < 1.29 is 4.39 Å². The Labute approximate surface area is 121 Å². The van der Waals surface area contributed by atoms with Crippen LogP contribution >= 0.6 is 11.6 Å². The van der Waals surface area contributed by atoms with E-state index in [9.17, 15) is 4.39 Å². The van der Waals surface area contributed by atoms with Gasteiger partial charge in [-0.2, -0.15) is 0 Å². The maximum absolute atomic E-state index is 13.9. The predicted molar refractivity (Wildman–Crippen MR) is 81.2 cm³/mol. The van der Waals surface area contributed by atoms with Crippen LogP contribution in [0.4, 0.5) is 4.39 Å². The Bertz CT molecular complexity index is 392. The summed E-state index contributed by atoms with van der Waals surface area (Å²) in [6.07, 6.45) is 1.80. The lowest BCUT2D eigenvalue weighted by molar-refractivity contribution is 0.295. The Balaban J connectivity index is 2.81. The molecule has 0 fully saturated rings. The molecule has 2 atom stereocenters. The second kappa shape index (κ2) is 7.86. The summed E-state index contributed by atoms with van der Waals surface area (Å²) in [6.45, 7) is 9.77. The summed E-state index contributed by atoms with van der Waals surface area (Å²) < 4.78 is 13.9. The first-order chi connectivity index (χ1) is 8.95. The van der Waals surface area contributed by atoms with Crippen LogP contribution in [0.5, 0.6) is 0 Å². The highest BCUT2D eigenvalue weighted by molar-refractivity contribution is 6.30. The summed E-state index contributed by atoms with van der Waals surface area (Å²) in [6, 6.07) is 5.26. The summed E-state index contributed by atoms with van der Waals surface area (Å²) in [5.41, 5.74) is 0.741. The maximum atomic E-state index is 13.9. The summed E-state index contributed by atoms with van der Waals surface area (Å²) in [7, 11) is 0. The van der Waals surface area contributed by atoms with Crippen LogP contribution in [-0.2, 0) is 6.42 Å². The zero-order valence-corrected chi connectivity index (χ0v) is 13.1. The van der Waals surface area contributed by atoms with Gasteiger partial charge in [-0.05, 0) is 48.9 Å². The van der Waals surface area contributed by atoms with Crippen molar-refractivity contribution in [2.24, 2.45) is 11.8 Å². The standard InChI is InChI=1S/C16H25ClFN/c1-5-8-19-16(12(4)11(2)3)9-13-6-7-14(17)10-15(13)18/h6-7,10-12,16,19H,5,8-9H2,1-4H3. The monoisotopic (exact) mass is 285 g/mol. The largest absolute Gasteiger partial charge is 0.313 e. The Morgan fingerprint density at radius 1 is 1.26 bits per heavy atom. The fourth-order valence-corrected chi connectivity index (χ4v) is 2.32. The zero-order valence-electron chi connectivity index (χ0n) is 12.3. The van der Waals surface area contributed by atoms with Gasteiger partial charge in [-0.3, -0.25) is 0 Å². The van der Waals surface area contributed by atoms with Gasteiger partial charge >= 0.3 is 0 Å². The summed E-state index contributed by atoms with van der Waals surface area (Å²) >= 11 is 5.79. The molecule has 0 saturated heterocycles. The molecule has 1 N–H and O–H groups in total. The number of rotatable bonds is 7. The smallest absolute Gasteiger partial charge is 0.127 e. The lowest BCUT2D eigenvalue weighted by atomic mass is 9.86. The maximum Gasteiger partial charge on any atom is 0.127 e. The highest BCUT2D eigenvalue weighted by atomic mass is 35.5. The molecule has 0 aliphatic heterocycles. The van der Waals surface area contributed by atoms with Crippen LogP contribution in [0, 0.1) is 17.7 Å². The van der Waals surface area contributed by atoms with E-state index in [1.165, 1.54) is 6.07 Å². The molecule has 0 aromatic heterocycles. The van der Waals surface area contributed by atoms with Crippen LogP contribution in [0.2, 0.25) is 5.02 Å². The molecule has 1 aromatic carbocycles. The molecular formula is C16H25ClFN. The van der Waals surface area contributed by atoms with Crippen LogP contribution in [-0.4, -0.2) is 12.6 Å². The Morgan fingerprint density at radius 2 is 1.95 bits per heavy atom. The van der Waals surface area contributed by atoms with Gasteiger partial charge in [0.1, 0.15) is 5.82 Å². The van der Waals surface area contributed by atoms with Gasteiger partial charge in [0, 0.05) is 11.1 Å². The van der Waals surface area contributed by atoms with Crippen molar-refractivity contribution in [2.75, 3.05) is 6.54 Å². The lowest BCUT2D eigenvalue weighted by Crippen LogP contribution is -2.39. The van der Waals surface area contributed by atoms with Gasteiger partial charge in [0.15, 0.2) is 0 Å². The average molecular weight is 286 g/mol. The van der Waals surface area contributed by atoms with E-state index in [0.717, 1.165) is 18.5 Å². The third kappa shape index (κ3) is 5.12. The van der Waals surface area contributed by atoms with Gasteiger partial charge in [-0.1, -0.05) is 45.4 Å². The molecule has 0 saturated carbocycles. The van der Waals surface area contributed by atoms with Crippen LogP contribution in [0.1, 0.15) is 39.7 Å². The lowest BCUT2D eigenvalue weighted by Gasteiger charge is -2.28. The third-order valence-corrected chi connectivity index (χ3v) is 4.03. The zero-order chi connectivity index (χ0) is 14.4. The molecule has 1 rings (SSSR count). The first-order valence-electron chi connectivity index (χ1n) is 7.13. The minimum absolute atomic E-state index is 0.202. The molecule has 0 amide bonds. The highest BCUT2D eigenvalue weighted by Gasteiger charge is 2.21. The van der Waals surface area contributed by atoms with Crippen LogP contribution in [0.25, 0.3) is 0 Å². The number of nitrogens with one attached hydrogen (secondary N) is 1. The molecule has 2 unspecified atom stereocenters. The number of hydrogen-bond acceptors (Lipinski definition) is 1. The van der Waals surface area contributed by atoms with Gasteiger partial charge in [0.05, 0.1) is 0 Å². The molecule has 0 spiro atoms. The van der Waals surface area contributed by atoms with E-state index in [0.29, 0.717) is 29.3 Å². The highest BCUT2D eigenvalue weighted by Crippen LogP contribution is 2.21. The van der Waals surface area contributed by atoms with E-state index in [1.54, 1.807) is 12.1 Å².